The lowest BCUT2D eigenvalue weighted by molar-refractivity contribution is -0.0328. The number of ether oxygens (including phenoxy) is 1. The van der Waals surface area contributed by atoms with Crippen LogP contribution in [0, 0.1) is 0 Å². The van der Waals surface area contributed by atoms with Gasteiger partial charge < -0.3 is 4.74 Å². The summed E-state index contributed by atoms with van der Waals surface area (Å²) in [6.07, 6.45) is 1.59. The van der Waals surface area contributed by atoms with Gasteiger partial charge in [-0.2, -0.15) is 13.2 Å². The molecule has 0 aromatic heterocycles. The van der Waals surface area contributed by atoms with E-state index < -0.39 is 16.3 Å². The second-order valence-corrected chi connectivity index (χ2v) is 7.32. The molecule has 0 bridgehead atoms. The molecule has 0 aliphatic rings. The molecule has 0 radical (unpaired) electrons. The lowest BCUT2D eigenvalue weighted by Crippen LogP contribution is -2.14. The summed E-state index contributed by atoms with van der Waals surface area (Å²) in [6, 6.07) is 4.57. The van der Waals surface area contributed by atoms with Crippen molar-refractivity contribution in [3.05, 3.63) is 23.8 Å². The van der Waals surface area contributed by atoms with Gasteiger partial charge in [-0.1, -0.05) is 19.9 Å². The summed E-state index contributed by atoms with van der Waals surface area (Å²) in [4.78, 5) is 0.00375. The lowest BCUT2D eigenvalue weighted by Gasteiger charge is -2.14. The lowest BCUT2D eigenvalue weighted by atomic mass is 10.2. The molecular formula is C14H19F3O2S2. The first kappa shape index (κ1) is 18.4. The maximum absolute atomic E-state index is 12.5. The molecule has 0 N–H and O–H groups in total. The number of hydrogen-bond acceptors (Lipinski definition) is 3. The zero-order valence-electron chi connectivity index (χ0n) is 12.2. The highest BCUT2D eigenvalue weighted by Crippen LogP contribution is 2.41. The SMILES string of the molecule is CCC(CC)[S@](=O)Cc1ccc(OC)c(SC(F)(F)F)c1. The van der Waals surface area contributed by atoms with Gasteiger partial charge in [0.25, 0.3) is 0 Å². The van der Waals surface area contributed by atoms with E-state index in [-0.39, 0.29) is 33.4 Å². The number of rotatable bonds is 7. The highest BCUT2D eigenvalue weighted by atomic mass is 32.2. The molecule has 1 atom stereocenters. The van der Waals surface area contributed by atoms with Crippen LogP contribution in [0.2, 0.25) is 0 Å². The molecule has 0 spiro atoms. The molecule has 0 amide bonds. The Labute approximate surface area is 129 Å². The van der Waals surface area contributed by atoms with E-state index >= 15 is 0 Å². The van der Waals surface area contributed by atoms with Gasteiger partial charge >= 0.3 is 5.51 Å². The first-order valence-corrected chi connectivity index (χ1v) is 8.80. The fraction of sp³-hybridized carbons (Fsp3) is 0.571. The number of benzene rings is 1. The summed E-state index contributed by atoms with van der Waals surface area (Å²) in [5, 5.41) is 0.0748. The average Bonchev–Trinajstić information content (AvgIpc) is 2.38. The van der Waals surface area contributed by atoms with Crippen LogP contribution in [0.5, 0.6) is 5.75 Å². The minimum absolute atomic E-state index is 0.00375. The first-order valence-electron chi connectivity index (χ1n) is 6.60. The van der Waals surface area contributed by atoms with Gasteiger partial charge in [0.1, 0.15) is 5.75 Å². The first-order chi connectivity index (χ1) is 9.80. The molecule has 0 saturated heterocycles. The molecule has 0 fully saturated rings. The van der Waals surface area contributed by atoms with Crippen molar-refractivity contribution in [1.29, 1.82) is 0 Å². The fourth-order valence-electron chi connectivity index (χ4n) is 1.96. The fourth-order valence-corrected chi connectivity index (χ4v) is 4.16. The van der Waals surface area contributed by atoms with E-state index in [0.717, 1.165) is 12.8 Å². The van der Waals surface area contributed by atoms with Crippen LogP contribution in [0.3, 0.4) is 0 Å². The zero-order chi connectivity index (χ0) is 16.0. The maximum Gasteiger partial charge on any atom is 0.446 e. The quantitative estimate of drug-likeness (QED) is 0.670. The molecule has 0 aliphatic heterocycles. The van der Waals surface area contributed by atoms with Gasteiger partial charge in [0.05, 0.1) is 12.0 Å². The molecule has 0 aliphatic carbocycles. The summed E-state index contributed by atoms with van der Waals surface area (Å²) in [7, 11) is 0.251. The Morgan fingerprint density at radius 2 is 1.90 bits per heavy atom. The number of thioether (sulfide) groups is 1. The van der Waals surface area contributed by atoms with Crippen LogP contribution in [-0.2, 0) is 16.6 Å². The van der Waals surface area contributed by atoms with Crippen LogP contribution in [0.15, 0.2) is 23.1 Å². The highest BCUT2D eigenvalue weighted by molar-refractivity contribution is 8.00. The third kappa shape index (κ3) is 5.90. The minimum Gasteiger partial charge on any atom is -0.496 e. The third-order valence-electron chi connectivity index (χ3n) is 3.05. The van der Waals surface area contributed by atoms with E-state index in [1.807, 2.05) is 13.8 Å². The average molecular weight is 340 g/mol. The van der Waals surface area contributed by atoms with Gasteiger partial charge in [-0.05, 0) is 42.3 Å². The third-order valence-corrected chi connectivity index (χ3v) is 5.84. The second kappa shape index (κ2) is 8.08. The molecule has 21 heavy (non-hydrogen) atoms. The minimum atomic E-state index is -4.37. The Morgan fingerprint density at radius 1 is 1.29 bits per heavy atom. The predicted octanol–water partition coefficient (Wildman–Crippen LogP) is 4.74. The summed E-state index contributed by atoms with van der Waals surface area (Å²) < 4.78 is 54.7. The van der Waals surface area contributed by atoms with Crippen molar-refractivity contribution in [3.8, 4) is 5.75 Å². The number of alkyl halides is 3. The van der Waals surface area contributed by atoms with Crippen LogP contribution in [-0.4, -0.2) is 22.1 Å². The number of methoxy groups -OCH3 is 1. The van der Waals surface area contributed by atoms with Crippen LogP contribution in [0.25, 0.3) is 0 Å². The van der Waals surface area contributed by atoms with Crippen molar-refractivity contribution in [2.24, 2.45) is 0 Å². The Balaban J connectivity index is 2.95. The topological polar surface area (TPSA) is 26.3 Å². The molecule has 7 heteroatoms. The van der Waals surface area contributed by atoms with Crippen molar-refractivity contribution in [1.82, 2.24) is 0 Å². The molecule has 1 rings (SSSR count). The summed E-state index contributed by atoms with van der Waals surface area (Å²) in [5.74, 6) is 0.441. The molecule has 1 aromatic rings. The van der Waals surface area contributed by atoms with Crippen molar-refractivity contribution in [3.63, 3.8) is 0 Å². The van der Waals surface area contributed by atoms with Crippen LogP contribution >= 0.6 is 11.8 Å². The van der Waals surface area contributed by atoms with Gasteiger partial charge in [0.15, 0.2) is 0 Å². The van der Waals surface area contributed by atoms with Gasteiger partial charge in [0.2, 0.25) is 0 Å². The van der Waals surface area contributed by atoms with Crippen molar-refractivity contribution >= 4 is 22.6 Å². The van der Waals surface area contributed by atoms with E-state index in [4.69, 9.17) is 4.74 Å². The second-order valence-electron chi connectivity index (χ2n) is 4.50. The van der Waals surface area contributed by atoms with E-state index in [1.165, 1.54) is 19.2 Å². The Bertz CT molecular complexity index is 486. The van der Waals surface area contributed by atoms with E-state index in [2.05, 4.69) is 0 Å². The van der Waals surface area contributed by atoms with Gasteiger partial charge in [-0.15, -0.1) is 0 Å². The van der Waals surface area contributed by atoms with Gasteiger partial charge in [-0.25, -0.2) is 0 Å². The Hall–Kier alpha value is -0.690. The number of hydrogen-bond donors (Lipinski definition) is 0. The van der Waals surface area contributed by atoms with Gasteiger partial charge in [0, 0.05) is 21.8 Å². The van der Waals surface area contributed by atoms with E-state index in [0.29, 0.717) is 5.56 Å². The highest BCUT2D eigenvalue weighted by Gasteiger charge is 2.31. The van der Waals surface area contributed by atoms with Crippen molar-refractivity contribution in [2.45, 2.75) is 48.1 Å². The number of halogens is 3. The normalized spacial score (nSPS) is 13.5. The summed E-state index contributed by atoms with van der Waals surface area (Å²) in [5.41, 5.74) is -3.74. The Kier molecular flexibility index (Phi) is 7.06. The molecule has 0 unspecified atom stereocenters. The van der Waals surface area contributed by atoms with Crippen molar-refractivity contribution < 1.29 is 22.1 Å². The summed E-state index contributed by atoms with van der Waals surface area (Å²) in [6.45, 7) is 3.93. The summed E-state index contributed by atoms with van der Waals surface area (Å²) >= 11 is -0.211. The molecule has 120 valence electrons. The largest absolute Gasteiger partial charge is 0.496 e. The van der Waals surface area contributed by atoms with Gasteiger partial charge in [-0.3, -0.25) is 4.21 Å². The van der Waals surface area contributed by atoms with E-state index in [9.17, 15) is 17.4 Å². The molecular weight excluding hydrogens is 321 g/mol. The van der Waals surface area contributed by atoms with Crippen LogP contribution < -0.4 is 4.74 Å². The standard InChI is InChI=1S/C14H19F3O2S2/c1-4-11(5-2)21(18)9-10-6-7-12(19-3)13(8-10)20-14(15,16)17/h6-8,11H,4-5,9H2,1-3H3/t21-/m1/s1. The zero-order valence-corrected chi connectivity index (χ0v) is 13.8. The predicted molar refractivity (Wildman–Crippen MR) is 81.1 cm³/mol. The monoisotopic (exact) mass is 340 g/mol. The molecule has 0 heterocycles. The molecule has 1 aromatic carbocycles. The van der Waals surface area contributed by atoms with Crippen LogP contribution in [0.1, 0.15) is 32.3 Å². The van der Waals surface area contributed by atoms with E-state index in [1.54, 1.807) is 6.07 Å². The molecule has 2 nitrogen and oxygen atoms in total. The molecule has 0 saturated carbocycles. The Morgan fingerprint density at radius 3 is 2.38 bits per heavy atom. The smallest absolute Gasteiger partial charge is 0.446 e. The van der Waals surface area contributed by atoms with Crippen LogP contribution in [0.4, 0.5) is 13.2 Å². The maximum atomic E-state index is 12.5. The van der Waals surface area contributed by atoms with Crippen molar-refractivity contribution in [2.75, 3.05) is 7.11 Å².